The normalized spacial score (nSPS) is 15.2. The van der Waals surface area contributed by atoms with Gasteiger partial charge in [0.1, 0.15) is 5.54 Å². The van der Waals surface area contributed by atoms with Crippen LogP contribution in [0.2, 0.25) is 0 Å². The Kier molecular flexibility index (Phi) is 6.98. The van der Waals surface area contributed by atoms with Crippen LogP contribution in [-0.2, 0) is 9.59 Å². The van der Waals surface area contributed by atoms with E-state index in [-0.39, 0.29) is 27.5 Å². The van der Waals surface area contributed by atoms with Gasteiger partial charge in [0, 0.05) is 23.8 Å². The maximum Gasteiger partial charge on any atom is 0.255 e. The van der Waals surface area contributed by atoms with Gasteiger partial charge in [-0.15, -0.1) is 0 Å². The van der Waals surface area contributed by atoms with E-state index in [1.54, 1.807) is 4.90 Å². The Balaban J connectivity index is 2.90. The van der Waals surface area contributed by atoms with Crippen molar-refractivity contribution < 1.29 is 9.59 Å². The molecule has 132 valence electrons. The average Bonchev–Trinajstić information content (AvgIpc) is 3.25. The molecule has 0 heterocycles. The largest absolute Gasteiger partial charge is 0.376 e. The highest BCUT2D eigenvalue weighted by atomic mass is 35.5. The van der Waals surface area contributed by atoms with Gasteiger partial charge in [-0.2, -0.15) is 0 Å². The minimum Gasteiger partial charge on any atom is -0.376 e. The molecule has 0 aromatic rings. The number of thiocarbonyl (C=S) groups is 1. The summed E-state index contributed by atoms with van der Waals surface area (Å²) in [5.41, 5.74) is 5.16. The van der Waals surface area contributed by atoms with Crippen LogP contribution >= 0.6 is 23.8 Å². The molecule has 0 saturated heterocycles. The highest BCUT2D eigenvalue weighted by Crippen LogP contribution is 2.36. The highest BCUT2D eigenvalue weighted by Gasteiger charge is 2.50. The van der Waals surface area contributed by atoms with Gasteiger partial charge in [-0.25, -0.2) is 0 Å². The predicted octanol–water partition coefficient (Wildman–Crippen LogP) is 1.53. The molecule has 0 aliphatic heterocycles. The van der Waals surface area contributed by atoms with E-state index in [1.807, 2.05) is 13.8 Å². The van der Waals surface area contributed by atoms with Crippen LogP contribution in [0.4, 0.5) is 0 Å². The molecule has 1 rings (SSSR count). The van der Waals surface area contributed by atoms with Gasteiger partial charge >= 0.3 is 0 Å². The smallest absolute Gasteiger partial charge is 0.255 e. The molecular weight excluding hydrogens is 348 g/mol. The number of nitrogens with two attached hydrogens (primary N) is 1. The number of rotatable bonds is 8. The summed E-state index contributed by atoms with van der Waals surface area (Å²) in [5, 5.41) is 5.47. The van der Waals surface area contributed by atoms with E-state index < -0.39 is 5.54 Å². The van der Waals surface area contributed by atoms with Crippen molar-refractivity contribution in [1.29, 1.82) is 0 Å². The second-order valence-corrected chi connectivity index (χ2v) is 6.39. The van der Waals surface area contributed by atoms with Crippen molar-refractivity contribution in [3.8, 4) is 0 Å². The first-order valence-electron chi connectivity index (χ1n) is 7.60. The lowest BCUT2D eigenvalue weighted by Gasteiger charge is -2.21. The average molecular weight is 371 g/mol. The van der Waals surface area contributed by atoms with Gasteiger partial charge in [-0.3, -0.25) is 9.59 Å². The van der Waals surface area contributed by atoms with E-state index in [9.17, 15) is 9.59 Å². The molecule has 2 amide bonds. The van der Waals surface area contributed by atoms with Gasteiger partial charge < -0.3 is 21.3 Å². The topological polar surface area (TPSA) is 87.5 Å². The van der Waals surface area contributed by atoms with Crippen molar-refractivity contribution in [2.45, 2.75) is 32.2 Å². The second kappa shape index (κ2) is 8.30. The number of likely N-dealkylation sites (N-methyl/N-ethyl adjacent to an activating group) is 1. The number of hydrogen-bond donors (Lipinski definition) is 3. The standard InChI is InChI=1S/C16H23ClN4O2S/c1-5-21(6-2)13(22)12(11(4)17)9-10(3)20-16(7-8-16)14(23)19-15(18)24/h9,20H,3-8H2,1-2H3,(H3,18,19,23,24)/b12-9+. The fraction of sp³-hybridized carbons (Fsp3) is 0.438. The summed E-state index contributed by atoms with van der Waals surface area (Å²) in [7, 11) is 0. The Morgan fingerprint density at radius 2 is 1.88 bits per heavy atom. The van der Waals surface area contributed by atoms with Gasteiger partial charge in [0.05, 0.1) is 5.57 Å². The van der Waals surface area contributed by atoms with E-state index in [4.69, 9.17) is 17.3 Å². The minimum absolute atomic E-state index is 0.0826. The van der Waals surface area contributed by atoms with Gasteiger partial charge in [0.15, 0.2) is 5.11 Å². The van der Waals surface area contributed by atoms with Crippen LogP contribution in [0.15, 0.2) is 35.5 Å². The van der Waals surface area contributed by atoms with Crippen LogP contribution in [0.5, 0.6) is 0 Å². The summed E-state index contributed by atoms with van der Waals surface area (Å²) in [6.45, 7) is 12.3. The van der Waals surface area contributed by atoms with Crippen molar-refractivity contribution in [3.63, 3.8) is 0 Å². The first kappa shape index (κ1) is 20.2. The Labute approximate surface area is 152 Å². The van der Waals surface area contributed by atoms with E-state index >= 15 is 0 Å². The fourth-order valence-corrected chi connectivity index (χ4v) is 2.45. The van der Waals surface area contributed by atoms with Crippen LogP contribution in [0.1, 0.15) is 26.7 Å². The second-order valence-electron chi connectivity index (χ2n) is 5.49. The summed E-state index contributed by atoms with van der Waals surface area (Å²) < 4.78 is 0. The van der Waals surface area contributed by atoms with Gasteiger partial charge in [-0.05, 0) is 45.0 Å². The third-order valence-corrected chi connectivity index (χ3v) is 4.02. The summed E-state index contributed by atoms with van der Waals surface area (Å²) in [5.74, 6) is -0.550. The lowest BCUT2D eigenvalue weighted by atomic mass is 10.1. The van der Waals surface area contributed by atoms with E-state index in [2.05, 4.69) is 36.0 Å². The van der Waals surface area contributed by atoms with E-state index in [0.29, 0.717) is 31.6 Å². The third kappa shape index (κ3) is 5.07. The van der Waals surface area contributed by atoms with Crippen molar-refractivity contribution in [2.75, 3.05) is 13.1 Å². The van der Waals surface area contributed by atoms with Crippen LogP contribution in [-0.4, -0.2) is 40.5 Å². The fourth-order valence-electron chi connectivity index (χ4n) is 2.22. The molecule has 1 aliphatic rings. The number of allylic oxidation sites excluding steroid dienone is 1. The van der Waals surface area contributed by atoms with Crippen molar-refractivity contribution >= 4 is 40.7 Å². The molecule has 0 spiro atoms. The Hall–Kier alpha value is -1.86. The van der Waals surface area contributed by atoms with Crippen molar-refractivity contribution in [1.82, 2.24) is 15.5 Å². The van der Waals surface area contributed by atoms with Gasteiger partial charge in [-0.1, -0.05) is 24.8 Å². The quantitative estimate of drug-likeness (QED) is 0.342. The molecule has 1 fully saturated rings. The molecule has 0 radical (unpaired) electrons. The molecule has 0 aromatic heterocycles. The molecule has 1 aliphatic carbocycles. The number of amides is 2. The highest BCUT2D eigenvalue weighted by molar-refractivity contribution is 7.80. The number of carbonyl (C=O) groups excluding carboxylic acids is 2. The summed E-state index contributed by atoms with van der Waals surface area (Å²) in [4.78, 5) is 26.2. The number of hydrogen-bond acceptors (Lipinski definition) is 4. The van der Waals surface area contributed by atoms with Crippen LogP contribution in [0.3, 0.4) is 0 Å². The van der Waals surface area contributed by atoms with Crippen LogP contribution in [0.25, 0.3) is 0 Å². The molecule has 0 atom stereocenters. The van der Waals surface area contributed by atoms with Gasteiger partial charge in [0.25, 0.3) is 11.8 Å². The van der Waals surface area contributed by atoms with Crippen LogP contribution in [0, 0.1) is 0 Å². The summed E-state index contributed by atoms with van der Waals surface area (Å²) in [6.07, 6.45) is 2.75. The summed E-state index contributed by atoms with van der Waals surface area (Å²) in [6, 6.07) is 0. The number of carbonyl (C=O) groups is 2. The zero-order valence-electron chi connectivity index (χ0n) is 13.9. The molecular formula is C16H23ClN4O2S. The van der Waals surface area contributed by atoms with Crippen molar-refractivity contribution in [3.05, 3.63) is 35.5 Å². The first-order chi connectivity index (χ1) is 11.2. The third-order valence-electron chi connectivity index (χ3n) is 3.71. The monoisotopic (exact) mass is 370 g/mol. The molecule has 8 heteroatoms. The summed E-state index contributed by atoms with van der Waals surface area (Å²) >= 11 is 10.6. The van der Waals surface area contributed by atoms with Gasteiger partial charge in [0.2, 0.25) is 0 Å². The molecule has 0 unspecified atom stereocenters. The maximum absolute atomic E-state index is 12.5. The maximum atomic E-state index is 12.5. The Morgan fingerprint density at radius 1 is 1.33 bits per heavy atom. The molecule has 6 nitrogen and oxygen atoms in total. The van der Waals surface area contributed by atoms with Crippen LogP contribution < -0.4 is 16.4 Å². The lowest BCUT2D eigenvalue weighted by molar-refractivity contribution is -0.126. The number of nitrogens with one attached hydrogen (secondary N) is 2. The molecule has 0 bridgehead atoms. The molecule has 1 saturated carbocycles. The van der Waals surface area contributed by atoms with Crippen molar-refractivity contribution in [2.24, 2.45) is 5.73 Å². The first-order valence-corrected chi connectivity index (χ1v) is 8.39. The Bertz CT molecular complexity index is 607. The minimum atomic E-state index is -0.798. The molecule has 0 aromatic carbocycles. The molecule has 24 heavy (non-hydrogen) atoms. The predicted molar refractivity (Wildman–Crippen MR) is 100 cm³/mol. The van der Waals surface area contributed by atoms with E-state index in [0.717, 1.165) is 0 Å². The zero-order valence-corrected chi connectivity index (χ0v) is 15.5. The molecule has 4 N–H and O–H groups in total. The Morgan fingerprint density at radius 3 is 2.25 bits per heavy atom. The SMILES string of the molecule is C=C(/C=C(\C(=C)Cl)C(=O)N(CC)CC)NC1(C(=O)NC(N)=S)CC1. The zero-order chi connectivity index (χ0) is 18.5. The van der Waals surface area contributed by atoms with E-state index in [1.165, 1.54) is 6.08 Å². The number of halogens is 1. The lowest BCUT2D eigenvalue weighted by Crippen LogP contribution is -2.49. The number of nitrogens with zero attached hydrogens (tertiary/aromatic N) is 1.